The van der Waals surface area contributed by atoms with Gasteiger partial charge >= 0.3 is 0 Å². The van der Waals surface area contributed by atoms with Gasteiger partial charge in [0.15, 0.2) is 5.96 Å². The normalized spacial score (nSPS) is 20.3. The summed E-state index contributed by atoms with van der Waals surface area (Å²) in [6.45, 7) is 9.83. The second-order valence-electron chi connectivity index (χ2n) is 7.59. The van der Waals surface area contributed by atoms with E-state index in [2.05, 4.69) is 39.8 Å². The fourth-order valence-corrected chi connectivity index (χ4v) is 3.66. The molecule has 30 heavy (non-hydrogen) atoms. The summed E-state index contributed by atoms with van der Waals surface area (Å²) >= 11 is 0. The summed E-state index contributed by atoms with van der Waals surface area (Å²) in [5.41, 5.74) is 0. The van der Waals surface area contributed by atoms with Crippen LogP contribution in [-0.4, -0.2) is 59.8 Å². The van der Waals surface area contributed by atoms with Crippen molar-refractivity contribution in [1.29, 1.82) is 0 Å². The van der Waals surface area contributed by atoms with E-state index in [1.807, 2.05) is 43.7 Å². The van der Waals surface area contributed by atoms with Gasteiger partial charge in [-0.25, -0.2) is 9.98 Å². The number of rotatable bonds is 7. The van der Waals surface area contributed by atoms with E-state index in [9.17, 15) is 0 Å². The minimum Gasteiger partial charge on any atom is -0.497 e. The van der Waals surface area contributed by atoms with Gasteiger partial charge in [-0.1, -0.05) is 6.92 Å². The van der Waals surface area contributed by atoms with Crippen molar-refractivity contribution in [2.24, 2.45) is 10.9 Å². The van der Waals surface area contributed by atoms with E-state index in [0.29, 0.717) is 18.5 Å². The highest BCUT2D eigenvalue weighted by atomic mass is 127. The molecule has 1 fully saturated rings. The predicted octanol–water partition coefficient (Wildman–Crippen LogP) is 3.83. The van der Waals surface area contributed by atoms with Crippen LogP contribution in [0.15, 0.2) is 48.0 Å². The van der Waals surface area contributed by atoms with Crippen molar-refractivity contribution >= 4 is 29.9 Å². The number of halogens is 1. The third-order valence-corrected chi connectivity index (χ3v) is 5.36. The molecule has 3 atom stereocenters. The van der Waals surface area contributed by atoms with Gasteiger partial charge in [0, 0.05) is 32.0 Å². The first-order chi connectivity index (χ1) is 14.1. The minimum atomic E-state index is -0.0230. The van der Waals surface area contributed by atoms with Crippen molar-refractivity contribution in [3.8, 4) is 11.5 Å². The van der Waals surface area contributed by atoms with E-state index in [0.717, 1.165) is 43.5 Å². The number of hydrogen-bond acceptors (Lipinski definition) is 4. The summed E-state index contributed by atoms with van der Waals surface area (Å²) in [5.74, 6) is 3.21. The van der Waals surface area contributed by atoms with Gasteiger partial charge < -0.3 is 24.3 Å². The smallest absolute Gasteiger partial charge is 0.194 e. The molecule has 0 amide bonds. The molecule has 1 saturated heterocycles. The summed E-state index contributed by atoms with van der Waals surface area (Å²) in [6.07, 6.45) is 6.93. The second-order valence-corrected chi connectivity index (χ2v) is 7.59. The highest BCUT2D eigenvalue weighted by Gasteiger charge is 2.28. The van der Waals surface area contributed by atoms with Crippen molar-refractivity contribution in [2.75, 3.05) is 33.3 Å². The van der Waals surface area contributed by atoms with Crippen molar-refractivity contribution in [3.63, 3.8) is 0 Å². The van der Waals surface area contributed by atoms with Crippen LogP contribution < -0.4 is 14.8 Å². The first-order valence-electron chi connectivity index (χ1n) is 10.4. The summed E-state index contributed by atoms with van der Waals surface area (Å²) in [4.78, 5) is 11.4. The number of nitrogens with one attached hydrogen (secondary N) is 1. The molecule has 1 aliphatic rings. The molecule has 0 aliphatic carbocycles. The number of aliphatic imine (C=N–C) groups is 1. The van der Waals surface area contributed by atoms with Gasteiger partial charge in [-0.2, -0.15) is 0 Å². The topological polar surface area (TPSA) is 63.9 Å². The largest absolute Gasteiger partial charge is 0.497 e. The molecule has 0 spiro atoms. The van der Waals surface area contributed by atoms with Crippen LogP contribution >= 0.6 is 24.0 Å². The lowest BCUT2D eigenvalue weighted by atomic mass is 9.93. The summed E-state index contributed by atoms with van der Waals surface area (Å²) < 4.78 is 13.4. The Kier molecular flexibility index (Phi) is 9.74. The fourth-order valence-electron chi connectivity index (χ4n) is 3.66. The van der Waals surface area contributed by atoms with Crippen LogP contribution in [0.5, 0.6) is 11.5 Å². The monoisotopic (exact) mass is 527 g/mol. The standard InChI is InChI=1S/C22H33N5O2.HI/c1-5-24-22(25-14-18(3)29-20-8-6-19(28-4)7-9-20)26-12-10-17(2)21(15-26)27-13-11-23-16-27;/h6-9,11,13,16-18,21H,5,10,12,14-15H2,1-4H3,(H,24,25);1H. The van der Waals surface area contributed by atoms with E-state index in [4.69, 9.17) is 14.5 Å². The molecular formula is C22H34IN5O2. The van der Waals surface area contributed by atoms with Crippen molar-refractivity contribution in [3.05, 3.63) is 43.0 Å². The quantitative estimate of drug-likeness (QED) is 0.337. The zero-order valence-corrected chi connectivity index (χ0v) is 20.7. The molecule has 1 N–H and O–H groups in total. The molecule has 1 aliphatic heterocycles. The van der Waals surface area contributed by atoms with Crippen LogP contribution in [-0.2, 0) is 0 Å². The molecule has 1 aromatic heterocycles. The average Bonchev–Trinajstić information content (AvgIpc) is 3.27. The number of likely N-dealkylation sites (tertiary alicyclic amines) is 1. The molecule has 7 nitrogen and oxygen atoms in total. The number of nitrogens with zero attached hydrogens (tertiary/aromatic N) is 4. The van der Waals surface area contributed by atoms with Crippen molar-refractivity contribution < 1.29 is 9.47 Å². The van der Waals surface area contributed by atoms with Crippen LogP contribution in [0.2, 0.25) is 0 Å². The number of benzene rings is 1. The number of guanidine groups is 1. The first-order valence-corrected chi connectivity index (χ1v) is 10.4. The predicted molar refractivity (Wildman–Crippen MR) is 131 cm³/mol. The lowest BCUT2D eigenvalue weighted by molar-refractivity contribution is 0.187. The summed E-state index contributed by atoms with van der Waals surface area (Å²) in [6, 6.07) is 8.06. The summed E-state index contributed by atoms with van der Waals surface area (Å²) in [7, 11) is 1.66. The van der Waals surface area contributed by atoms with Gasteiger partial charge in [-0.3, -0.25) is 0 Å². The van der Waals surface area contributed by atoms with Gasteiger partial charge in [0.1, 0.15) is 17.6 Å². The maximum Gasteiger partial charge on any atom is 0.194 e. The molecule has 0 radical (unpaired) electrons. The number of methoxy groups -OCH3 is 1. The van der Waals surface area contributed by atoms with Crippen LogP contribution in [0.3, 0.4) is 0 Å². The maximum absolute atomic E-state index is 6.01. The molecule has 1 aromatic carbocycles. The van der Waals surface area contributed by atoms with Gasteiger partial charge in [0.25, 0.3) is 0 Å². The number of aromatic nitrogens is 2. The number of hydrogen-bond donors (Lipinski definition) is 1. The number of piperidine rings is 1. The molecular weight excluding hydrogens is 493 g/mol. The SMILES string of the molecule is CCNC(=NCC(C)Oc1ccc(OC)cc1)N1CCC(C)C(n2ccnc2)C1.I. The number of imidazole rings is 1. The molecule has 3 unspecified atom stereocenters. The van der Waals surface area contributed by atoms with E-state index in [-0.39, 0.29) is 30.1 Å². The lowest BCUT2D eigenvalue weighted by Crippen LogP contribution is -2.49. The average molecular weight is 527 g/mol. The Balaban J connectivity index is 0.00000320. The van der Waals surface area contributed by atoms with E-state index in [1.165, 1.54) is 0 Å². The summed E-state index contributed by atoms with van der Waals surface area (Å²) in [5, 5.41) is 3.45. The first kappa shape index (κ1) is 24.3. The van der Waals surface area contributed by atoms with Crippen LogP contribution in [0.1, 0.15) is 33.2 Å². The van der Waals surface area contributed by atoms with E-state index in [1.54, 1.807) is 7.11 Å². The Morgan fingerprint density at radius 3 is 2.67 bits per heavy atom. The maximum atomic E-state index is 6.01. The van der Waals surface area contributed by atoms with Gasteiger partial charge in [0.05, 0.1) is 26.0 Å². The molecule has 3 rings (SSSR count). The molecule has 166 valence electrons. The minimum absolute atomic E-state index is 0. The number of ether oxygens (including phenoxy) is 2. The van der Waals surface area contributed by atoms with E-state index >= 15 is 0 Å². The van der Waals surface area contributed by atoms with Crippen molar-refractivity contribution in [2.45, 2.75) is 39.3 Å². The Morgan fingerprint density at radius 1 is 1.30 bits per heavy atom. The Hall–Kier alpha value is -1.97. The highest BCUT2D eigenvalue weighted by Crippen LogP contribution is 2.27. The molecule has 8 heteroatoms. The zero-order valence-electron chi connectivity index (χ0n) is 18.3. The second kappa shape index (κ2) is 12.0. The Bertz CT molecular complexity index is 766. The van der Waals surface area contributed by atoms with Gasteiger partial charge in [-0.15, -0.1) is 24.0 Å². The van der Waals surface area contributed by atoms with Crippen LogP contribution in [0.4, 0.5) is 0 Å². The molecule has 0 bridgehead atoms. The van der Waals surface area contributed by atoms with Gasteiger partial charge in [-0.05, 0) is 50.5 Å². The highest BCUT2D eigenvalue weighted by molar-refractivity contribution is 14.0. The fraction of sp³-hybridized carbons (Fsp3) is 0.545. The Morgan fingerprint density at radius 2 is 2.03 bits per heavy atom. The zero-order chi connectivity index (χ0) is 20.6. The molecule has 0 saturated carbocycles. The van der Waals surface area contributed by atoms with Gasteiger partial charge in [0.2, 0.25) is 0 Å². The van der Waals surface area contributed by atoms with Crippen molar-refractivity contribution in [1.82, 2.24) is 19.8 Å². The lowest BCUT2D eigenvalue weighted by Gasteiger charge is -2.39. The van der Waals surface area contributed by atoms with Crippen LogP contribution in [0, 0.1) is 5.92 Å². The third-order valence-electron chi connectivity index (χ3n) is 5.36. The third kappa shape index (κ3) is 6.52. The van der Waals surface area contributed by atoms with Crippen LogP contribution in [0.25, 0.3) is 0 Å². The molecule has 2 aromatic rings. The van der Waals surface area contributed by atoms with E-state index < -0.39 is 0 Å². The Labute approximate surface area is 196 Å². The molecule has 2 heterocycles.